The van der Waals surface area contributed by atoms with Crippen molar-refractivity contribution < 1.29 is 13.9 Å². The number of halogens is 3. The number of benzene rings is 2. The summed E-state index contributed by atoms with van der Waals surface area (Å²) in [5, 5.41) is 3.46. The van der Waals surface area contributed by atoms with Crippen LogP contribution < -0.4 is 10.1 Å². The van der Waals surface area contributed by atoms with E-state index in [2.05, 4.69) is 5.32 Å². The van der Waals surface area contributed by atoms with Crippen LogP contribution >= 0.6 is 23.2 Å². The van der Waals surface area contributed by atoms with E-state index >= 15 is 0 Å². The minimum absolute atomic E-state index is 0.338. The van der Waals surface area contributed by atoms with Gasteiger partial charge in [-0.25, -0.2) is 4.39 Å². The lowest BCUT2D eigenvalue weighted by Gasteiger charge is -2.15. The second kappa shape index (κ2) is 6.78. The van der Waals surface area contributed by atoms with E-state index in [1.54, 1.807) is 19.1 Å². The topological polar surface area (TPSA) is 38.3 Å². The third-order valence-corrected chi connectivity index (χ3v) is 3.23. The smallest absolute Gasteiger partial charge is 0.265 e. The first-order valence-electron chi connectivity index (χ1n) is 6.14. The van der Waals surface area contributed by atoms with Gasteiger partial charge in [-0.1, -0.05) is 23.2 Å². The molecule has 6 heteroatoms. The van der Waals surface area contributed by atoms with Crippen LogP contribution in [0.25, 0.3) is 0 Å². The van der Waals surface area contributed by atoms with Crippen LogP contribution in [0.15, 0.2) is 42.5 Å². The normalized spacial score (nSPS) is 11.8. The SMILES string of the molecule is C[C@@H](Oc1ccc(F)cc1)C(=O)Nc1ccc(Cl)cc1Cl. The first-order chi connectivity index (χ1) is 9.95. The second-order valence-electron chi connectivity index (χ2n) is 4.33. The molecule has 0 fully saturated rings. The van der Waals surface area contributed by atoms with E-state index in [9.17, 15) is 9.18 Å². The Morgan fingerprint density at radius 2 is 1.86 bits per heavy atom. The molecule has 0 unspecified atom stereocenters. The first kappa shape index (κ1) is 15.6. The van der Waals surface area contributed by atoms with Gasteiger partial charge in [0.1, 0.15) is 11.6 Å². The Hall–Kier alpha value is -1.78. The molecule has 2 aromatic rings. The van der Waals surface area contributed by atoms with Gasteiger partial charge in [-0.2, -0.15) is 0 Å². The van der Waals surface area contributed by atoms with Gasteiger partial charge in [-0.3, -0.25) is 4.79 Å². The van der Waals surface area contributed by atoms with Crippen LogP contribution in [0.1, 0.15) is 6.92 Å². The summed E-state index contributed by atoms with van der Waals surface area (Å²) in [6.07, 6.45) is -0.762. The average molecular weight is 328 g/mol. The van der Waals surface area contributed by atoms with Crippen molar-refractivity contribution in [1.29, 1.82) is 0 Å². The Kier molecular flexibility index (Phi) is 5.04. The first-order valence-corrected chi connectivity index (χ1v) is 6.89. The molecule has 0 aliphatic heterocycles. The molecule has 0 heterocycles. The Morgan fingerprint density at radius 3 is 2.48 bits per heavy atom. The Morgan fingerprint density at radius 1 is 1.19 bits per heavy atom. The summed E-state index contributed by atoms with van der Waals surface area (Å²) in [5.41, 5.74) is 0.445. The number of ether oxygens (including phenoxy) is 1. The minimum Gasteiger partial charge on any atom is -0.481 e. The van der Waals surface area contributed by atoms with Crippen LogP contribution in [0, 0.1) is 5.82 Å². The number of hydrogen-bond acceptors (Lipinski definition) is 2. The molecule has 0 bridgehead atoms. The van der Waals surface area contributed by atoms with E-state index in [4.69, 9.17) is 27.9 Å². The zero-order valence-electron chi connectivity index (χ0n) is 11.1. The lowest BCUT2D eigenvalue weighted by Crippen LogP contribution is -2.30. The molecule has 0 radical (unpaired) electrons. The largest absolute Gasteiger partial charge is 0.481 e. The van der Waals surface area contributed by atoms with Gasteiger partial charge in [0.05, 0.1) is 10.7 Å². The number of amides is 1. The van der Waals surface area contributed by atoms with Gasteiger partial charge < -0.3 is 10.1 Å². The molecule has 1 atom stereocenters. The van der Waals surface area contributed by atoms with Crippen molar-refractivity contribution in [2.24, 2.45) is 0 Å². The molecular weight excluding hydrogens is 316 g/mol. The molecule has 1 N–H and O–H groups in total. The molecule has 3 nitrogen and oxygen atoms in total. The van der Waals surface area contributed by atoms with E-state index in [0.29, 0.717) is 21.5 Å². The zero-order valence-corrected chi connectivity index (χ0v) is 12.6. The third kappa shape index (κ3) is 4.34. The molecule has 0 aromatic heterocycles. The van der Waals surface area contributed by atoms with E-state index < -0.39 is 6.10 Å². The number of hydrogen-bond donors (Lipinski definition) is 1. The van der Waals surface area contributed by atoms with Gasteiger partial charge in [-0.05, 0) is 49.4 Å². The van der Waals surface area contributed by atoms with Crippen molar-refractivity contribution in [3.05, 3.63) is 58.3 Å². The molecule has 1 amide bonds. The fraction of sp³-hybridized carbons (Fsp3) is 0.133. The van der Waals surface area contributed by atoms with E-state index in [-0.39, 0.29) is 11.7 Å². The number of nitrogens with one attached hydrogen (secondary N) is 1. The second-order valence-corrected chi connectivity index (χ2v) is 5.17. The molecule has 2 rings (SSSR count). The maximum Gasteiger partial charge on any atom is 0.265 e. The lowest BCUT2D eigenvalue weighted by molar-refractivity contribution is -0.122. The standard InChI is InChI=1S/C15H12Cl2FNO2/c1-9(21-12-5-3-11(18)4-6-12)15(20)19-14-7-2-10(16)8-13(14)17/h2-9H,1H3,(H,19,20)/t9-/m1/s1. The van der Waals surface area contributed by atoms with Crippen molar-refractivity contribution in [2.45, 2.75) is 13.0 Å². The van der Waals surface area contributed by atoms with Gasteiger partial charge >= 0.3 is 0 Å². The van der Waals surface area contributed by atoms with Crippen LogP contribution in [-0.2, 0) is 4.79 Å². The maximum atomic E-state index is 12.8. The lowest BCUT2D eigenvalue weighted by atomic mass is 10.3. The fourth-order valence-corrected chi connectivity index (χ4v) is 2.05. The summed E-state index contributed by atoms with van der Waals surface area (Å²) in [4.78, 5) is 12.0. The zero-order chi connectivity index (χ0) is 15.4. The minimum atomic E-state index is -0.762. The van der Waals surface area contributed by atoms with E-state index in [0.717, 1.165) is 0 Å². The molecule has 110 valence electrons. The summed E-state index contributed by atoms with van der Waals surface area (Å²) in [6, 6.07) is 10.2. The van der Waals surface area contributed by atoms with Crippen LogP contribution in [0.3, 0.4) is 0 Å². The Bertz CT molecular complexity index is 647. The molecule has 0 aliphatic rings. The number of carbonyl (C=O) groups excluding carboxylic acids is 1. The predicted molar refractivity (Wildman–Crippen MR) is 81.6 cm³/mol. The molecule has 0 aliphatic carbocycles. The highest BCUT2D eigenvalue weighted by atomic mass is 35.5. The van der Waals surface area contributed by atoms with Gasteiger partial charge in [-0.15, -0.1) is 0 Å². The average Bonchev–Trinajstić information content (AvgIpc) is 2.44. The molecule has 0 saturated carbocycles. The summed E-state index contributed by atoms with van der Waals surface area (Å²) < 4.78 is 18.2. The monoisotopic (exact) mass is 327 g/mol. The summed E-state index contributed by atoms with van der Waals surface area (Å²) in [5.74, 6) is -0.336. The Labute approximate surface area is 131 Å². The van der Waals surface area contributed by atoms with Crippen LogP contribution in [0.2, 0.25) is 10.0 Å². The van der Waals surface area contributed by atoms with Crippen molar-refractivity contribution in [3.8, 4) is 5.75 Å². The van der Waals surface area contributed by atoms with Crippen LogP contribution in [0.5, 0.6) is 5.75 Å². The summed E-state index contributed by atoms with van der Waals surface area (Å²) in [7, 11) is 0. The Balaban J connectivity index is 2.00. The van der Waals surface area contributed by atoms with Gasteiger partial charge in [0.2, 0.25) is 0 Å². The maximum absolute atomic E-state index is 12.8. The summed E-state index contributed by atoms with van der Waals surface area (Å²) >= 11 is 11.8. The van der Waals surface area contributed by atoms with Crippen molar-refractivity contribution in [2.75, 3.05) is 5.32 Å². The molecule has 0 saturated heterocycles. The molecular formula is C15H12Cl2FNO2. The highest BCUT2D eigenvalue weighted by molar-refractivity contribution is 6.36. The van der Waals surface area contributed by atoms with Crippen molar-refractivity contribution in [3.63, 3.8) is 0 Å². The van der Waals surface area contributed by atoms with Crippen molar-refractivity contribution in [1.82, 2.24) is 0 Å². The quantitative estimate of drug-likeness (QED) is 0.895. The molecule has 21 heavy (non-hydrogen) atoms. The van der Waals surface area contributed by atoms with Gasteiger partial charge in [0.15, 0.2) is 6.10 Å². The highest BCUT2D eigenvalue weighted by Gasteiger charge is 2.16. The summed E-state index contributed by atoms with van der Waals surface area (Å²) in [6.45, 7) is 1.59. The number of carbonyl (C=O) groups is 1. The fourth-order valence-electron chi connectivity index (χ4n) is 1.60. The van der Waals surface area contributed by atoms with Crippen LogP contribution in [0.4, 0.5) is 10.1 Å². The van der Waals surface area contributed by atoms with E-state index in [1.807, 2.05) is 0 Å². The number of anilines is 1. The van der Waals surface area contributed by atoms with E-state index in [1.165, 1.54) is 30.3 Å². The highest BCUT2D eigenvalue weighted by Crippen LogP contribution is 2.25. The van der Waals surface area contributed by atoms with Gasteiger partial charge in [0, 0.05) is 5.02 Å². The predicted octanol–water partition coefficient (Wildman–Crippen LogP) is 4.54. The number of rotatable bonds is 4. The van der Waals surface area contributed by atoms with Crippen LogP contribution in [-0.4, -0.2) is 12.0 Å². The van der Waals surface area contributed by atoms with Gasteiger partial charge in [0.25, 0.3) is 5.91 Å². The van der Waals surface area contributed by atoms with Crippen molar-refractivity contribution >= 4 is 34.8 Å². The molecule has 2 aromatic carbocycles. The third-order valence-electron chi connectivity index (χ3n) is 2.68. The molecule has 0 spiro atoms.